The average molecular weight is 752 g/mol. The number of hydrogen-bond donors (Lipinski definition) is 2. The standard InChI is InChI=1S/C19H26N2O4.C12H21NO2.B18/c1-19(2,3)25-17(22)20-16-10-15-9-14(16)11-21(15)18(23)24-12-13-7-5-4-6-8-13;1-12(2,3)15-11(14)13-10-7-8-4-5-9(10)6-8;1-11(2)16(12(3)4)18(15(9)10)17(13(5)6)14(7)8/h4-8,14-16H,9-12H2,1-3H3,(H,20,22);8-10H,4-7H2,1-3H3,(H,13,14);/t14-,15-,16-;8-,9+,10-;/m11./s1. The molecule has 4 aliphatic rings. The molecule has 276 valence electrons. The minimum atomic E-state index is -0.853. The summed E-state index contributed by atoms with van der Waals surface area (Å²) in [6, 6.07) is 10.2. The predicted octanol–water partition coefficient (Wildman–Crippen LogP) is -0.844. The second kappa shape index (κ2) is 22.3. The third-order valence-electron chi connectivity index (χ3n) is 11.2. The largest absolute Gasteiger partial charge is 0.445 e. The maximum absolute atomic E-state index is 12.3. The number of likely N-dealkylation sites (tertiary alicyclic amines) is 1. The van der Waals surface area contributed by atoms with E-state index in [0.717, 1.165) is 30.7 Å². The Balaban J connectivity index is 0.000000242. The van der Waals surface area contributed by atoms with E-state index in [9.17, 15) is 14.4 Å². The van der Waals surface area contributed by atoms with E-state index in [2.05, 4.69) is 10.6 Å². The molecule has 0 aromatic heterocycles. The van der Waals surface area contributed by atoms with Crippen LogP contribution in [-0.4, -0.2) is 188 Å². The summed E-state index contributed by atoms with van der Waals surface area (Å²) in [5, 5.41) is 5.95. The molecule has 9 nitrogen and oxygen atoms in total. The second-order valence-electron chi connectivity index (χ2n) is 18.4. The molecule has 3 aliphatic carbocycles. The fourth-order valence-corrected chi connectivity index (χ4v) is 8.80. The number of carbonyl (C=O) groups excluding carboxylic acids is 3. The molecule has 4 fully saturated rings. The lowest BCUT2D eigenvalue weighted by Crippen LogP contribution is -2.78. The van der Waals surface area contributed by atoms with Gasteiger partial charge in [-0.1, -0.05) is 36.8 Å². The van der Waals surface area contributed by atoms with Crippen LogP contribution in [0, 0.1) is 17.8 Å². The molecule has 1 aromatic carbocycles. The molecule has 1 aliphatic heterocycles. The summed E-state index contributed by atoms with van der Waals surface area (Å²) in [4.78, 5) is 37.6. The maximum Gasteiger partial charge on any atom is 0.410 e. The number of piperidine rings is 1. The van der Waals surface area contributed by atoms with Crippen LogP contribution in [0.4, 0.5) is 14.4 Å². The van der Waals surface area contributed by atoms with E-state index in [4.69, 9.17) is 91.6 Å². The zero-order valence-electron chi connectivity index (χ0n) is 35.3. The SMILES string of the molecule is CC(C)(C)OC(=O)N[C@@H]1C[C@@H]2CC[C@H]1C2.CC(C)(C)OC(=O)N[C@@H]1C[C@H]2C[C@@H]1CN2C(=O)OCc1ccccc1.[B]B([B])B(B([B])[B])B(B([B])[B])B(B([B])[B])B([B])[B]. The molecule has 58 heavy (non-hydrogen) atoms. The lowest BCUT2D eigenvalue weighted by molar-refractivity contribution is 0.0459. The van der Waals surface area contributed by atoms with Crippen LogP contribution in [0.1, 0.15) is 85.6 Å². The second-order valence-corrected chi connectivity index (χ2v) is 18.4. The Kier molecular flexibility index (Phi) is 19.5. The maximum atomic E-state index is 12.3. The molecule has 3 amide bonds. The molecule has 27 heteroatoms. The van der Waals surface area contributed by atoms with Crippen LogP contribution >= 0.6 is 0 Å². The molecule has 6 atom stereocenters. The van der Waals surface area contributed by atoms with Crippen LogP contribution in [-0.2, 0) is 20.8 Å². The van der Waals surface area contributed by atoms with Crippen molar-refractivity contribution >= 4 is 147 Å². The Morgan fingerprint density at radius 3 is 1.47 bits per heavy atom. The number of rotatable bonds is 11. The highest BCUT2D eigenvalue weighted by Crippen LogP contribution is 2.44. The van der Waals surface area contributed by atoms with Gasteiger partial charge in [-0.2, -0.15) is 0 Å². The summed E-state index contributed by atoms with van der Waals surface area (Å²) in [5.41, 5.74) is 0.0844. The number of alkyl carbamates (subject to hydrolysis) is 2. The van der Waals surface area contributed by atoms with Crippen molar-refractivity contribution in [3.05, 3.63) is 35.9 Å². The third kappa shape index (κ3) is 15.9. The van der Waals surface area contributed by atoms with Gasteiger partial charge in [0, 0.05) is 153 Å². The number of amides is 3. The lowest BCUT2D eigenvalue weighted by Gasteiger charge is -2.40. The van der Waals surface area contributed by atoms with E-state index in [1.807, 2.05) is 71.9 Å². The minimum absolute atomic E-state index is 0.0676. The highest BCUT2D eigenvalue weighted by Gasteiger charge is 2.48. The smallest absolute Gasteiger partial charge is 0.410 e. The number of fused-ring (bicyclic) bond motifs is 4. The first-order chi connectivity index (χ1) is 26.9. The highest BCUT2D eigenvalue weighted by atomic mass is 16.6. The third-order valence-corrected chi connectivity index (χ3v) is 11.2. The lowest BCUT2D eigenvalue weighted by atomic mass is 8.41. The van der Waals surface area contributed by atoms with Gasteiger partial charge < -0.3 is 29.7 Å². The molecule has 5 rings (SSSR count). The Morgan fingerprint density at radius 2 is 1.10 bits per heavy atom. The molecule has 1 saturated heterocycles. The predicted molar refractivity (Wildman–Crippen MR) is 255 cm³/mol. The summed E-state index contributed by atoms with van der Waals surface area (Å²) < 4.78 is 16.0. The van der Waals surface area contributed by atoms with Gasteiger partial charge in [-0.15, -0.1) is 0 Å². The van der Waals surface area contributed by atoms with Crippen LogP contribution in [0.15, 0.2) is 30.3 Å². The van der Waals surface area contributed by atoms with Crippen molar-refractivity contribution in [1.82, 2.24) is 15.5 Å². The van der Waals surface area contributed by atoms with Gasteiger partial charge >= 0.3 is 18.3 Å². The minimum Gasteiger partial charge on any atom is -0.445 e. The molecule has 3 saturated carbocycles. The zero-order chi connectivity index (χ0) is 43.7. The van der Waals surface area contributed by atoms with E-state index in [0.29, 0.717) is 18.5 Å². The number of hydrogen-bond acceptors (Lipinski definition) is 6. The van der Waals surface area contributed by atoms with Gasteiger partial charge in [0.2, 0.25) is 0 Å². The van der Waals surface area contributed by atoms with Crippen molar-refractivity contribution in [3.8, 4) is 0 Å². The van der Waals surface area contributed by atoms with E-state index in [1.165, 1.54) is 19.3 Å². The zero-order valence-corrected chi connectivity index (χ0v) is 35.3. The molecule has 1 aromatic rings. The van der Waals surface area contributed by atoms with Crippen LogP contribution in [0.25, 0.3) is 0 Å². The van der Waals surface area contributed by atoms with Gasteiger partial charge in [0.1, 0.15) is 17.8 Å². The fourth-order valence-electron chi connectivity index (χ4n) is 8.80. The van der Waals surface area contributed by atoms with E-state index in [1.54, 1.807) is 4.90 Å². The monoisotopic (exact) mass is 756 g/mol. The first kappa shape index (κ1) is 50.6. The van der Waals surface area contributed by atoms with Crippen molar-refractivity contribution in [2.24, 2.45) is 17.8 Å². The summed E-state index contributed by atoms with van der Waals surface area (Å²) in [5.74, 6) is 1.83. The van der Waals surface area contributed by atoms with Crippen molar-refractivity contribution in [1.29, 1.82) is 0 Å². The summed E-state index contributed by atoms with van der Waals surface area (Å²) in [7, 11) is 56.7. The summed E-state index contributed by atoms with van der Waals surface area (Å²) in [6.45, 7) is 12.1. The van der Waals surface area contributed by atoms with Crippen molar-refractivity contribution < 1.29 is 28.6 Å². The van der Waals surface area contributed by atoms with Gasteiger partial charge in [0.25, 0.3) is 0 Å². The number of ether oxygens (including phenoxy) is 3. The van der Waals surface area contributed by atoms with Gasteiger partial charge in [0.15, 0.2) is 0 Å². The van der Waals surface area contributed by atoms with Crippen LogP contribution in [0.5, 0.6) is 0 Å². The van der Waals surface area contributed by atoms with E-state index in [-0.39, 0.29) is 48.5 Å². The first-order valence-electron chi connectivity index (χ1n) is 20.4. The molecular weight excluding hydrogens is 705 g/mol. The Bertz CT molecular complexity index is 1420. The van der Waals surface area contributed by atoms with Crippen LogP contribution in [0.2, 0.25) is 0 Å². The molecule has 2 N–H and O–H groups in total. The summed E-state index contributed by atoms with van der Waals surface area (Å²) in [6.07, 6.45) is -0.187. The van der Waals surface area contributed by atoms with Crippen molar-refractivity contribution in [2.45, 2.75) is 116 Å². The first-order valence-corrected chi connectivity index (χ1v) is 20.4. The summed E-state index contributed by atoms with van der Waals surface area (Å²) >= 11 is 0. The molecule has 20 radical (unpaired) electrons. The van der Waals surface area contributed by atoms with Gasteiger partial charge in [-0.3, -0.25) is 0 Å². The Labute approximate surface area is 365 Å². The molecular formula is C31H47B18N3O6. The van der Waals surface area contributed by atoms with Gasteiger partial charge in [0.05, 0.1) is 0 Å². The van der Waals surface area contributed by atoms with Crippen molar-refractivity contribution in [2.75, 3.05) is 6.54 Å². The number of benzene rings is 1. The molecule has 1 heterocycles. The molecule has 0 unspecified atom stereocenters. The van der Waals surface area contributed by atoms with Gasteiger partial charge in [-0.25, -0.2) is 14.4 Å². The normalized spacial score (nSPS) is 22.4. The van der Waals surface area contributed by atoms with E-state index < -0.39 is 56.7 Å². The van der Waals surface area contributed by atoms with Crippen LogP contribution < -0.4 is 10.6 Å². The van der Waals surface area contributed by atoms with Crippen LogP contribution in [0.3, 0.4) is 0 Å². The number of nitrogens with one attached hydrogen (secondary N) is 2. The topological polar surface area (TPSA) is 106 Å². The Hall–Kier alpha value is -1.80. The van der Waals surface area contributed by atoms with Crippen molar-refractivity contribution in [3.63, 3.8) is 0 Å². The Morgan fingerprint density at radius 1 is 0.638 bits per heavy atom. The number of nitrogens with zero attached hydrogens (tertiary/aromatic N) is 1. The highest BCUT2D eigenvalue weighted by molar-refractivity contribution is 8.17. The average Bonchev–Trinajstić information content (AvgIpc) is 3.88. The number of carbonyl (C=O) groups is 3. The quantitative estimate of drug-likeness (QED) is 0.226. The van der Waals surface area contributed by atoms with E-state index >= 15 is 0 Å². The van der Waals surface area contributed by atoms with Gasteiger partial charge in [-0.05, 0) is 97.0 Å². The molecule has 0 spiro atoms. The molecule has 4 bridgehead atoms. The fraction of sp³-hybridized carbons (Fsp3) is 0.710.